The number of hydrogen-bond acceptors (Lipinski definition) is 4. The summed E-state index contributed by atoms with van der Waals surface area (Å²) in [6.45, 7) is -0.356. The van der Waals surface area contributed by atoms with Gasteiger partial charge >= 0.3 is 0 Å². The van der Waals surface area contributed by atoms with Crippen molar-refractivity contribution in [1.29, 1.82) is 0 Å². The number of benzene rings is 1. The summed E-state index contributed by atoms with van der Waals surface area (Å²) in [6, 6.07) is 0.0885. The van der Waals surface area contributed by atoms with Gasteiger partial charge in [-0.2, -0.15) is 8.78 Å². The quantitative estimate of drug-likeness (QED) is 0.288. The highest BCUT2D eigenvalue weighted by Gasteiger charge is 2.31. The number of halogens is 4. The molecule has 2 rings (SSSR count). The second-order valence-electron chi connectivity index (χ2n) is 4.44. The molecule has 1 saturated heterocycles. The summed E-state index contributed by atoms with van der Waals surface area (Å²) in [7, 11) is 0. The molecule has 0 aromatic heterocycles. The highest BCUT2D eigenvalue weighted by atomic mass is 19.2. The minimum absolute atomic E-state index is 0.0885. The molecule has 5 nitrogen and oxygen atoms in total. The summed E-state index contributed by atoms with van der Waals surface area (Å²) in [5.41, 5.74) is 1.91. The molecule has 2 atom stereocenters. The molecule has 1 aliphatic heterocycles. The summed E-state index contributed by atoms with van der Waals surface area (Å²) < 4.78 is 62.6. The van der Waals surface area contributed by atoms with E-state index >= 15 is 0 Å². The van der Waals surface area contributed by atoms with Gasteiger partial charge in [0.05, 0.1) is 6.10 Å². The lowest BCUT2D eigenvalue weighted by Crippen LogP contribution is -2.39. The van der Waals surface area contributed by atoms with Crippen LogP contribution in [0.2, 0.25) is 0 Å². The smallest absolute Gasteiger partial charge is 0.263 e. The predicted octanol–water partition coefficient (Wildman–Crippen LogP) is 1.16. The normalized spacial score (nSPS) is 21.4. The molecule has 9 heteroatoms. The third-order valence-electron chi connectivity index (χ3n) is 3.03. The Morgan fingerprint density at radius 2 is 1.90 bits per heavy atom. The van der Waals surface area contributed by atoms with Crippen LogP contribution in [-0.2, 0) is 9.53 Å². The van der Waals surface area contributed by atoms with Gasteiger partial charge in [-0.1, -0.05) is 0 Å². The molecule has 1 heterocycles. The van der Waals surface area contributed by atoms with Crippen molar-refractivity contribution in [1.82, 2.24) is 5.43 Å². The van der Waals surface area contributed by atoms with Crippen molar-refractivity contribution in [2.24, 2.45) is 5.84 Å². The van der Waals surface area contributed by atoms with Crippen LogP contribution in [0, 0.1) is 23.3 Å². The summed E-state index contributed by atoms with van der Waals surface area (Å²) in [4.78, 5) is 11.2. The zero-order valence-electron chi connectivity index (χ0n) is 10.7. The van der Waals surface area contributed by atoms with Crippen molar-refractivity contribution < 1.29 is 31.8 Å². The Morgan fingerprint density at radius 3 is 2.48 bits per heavy atom. The van der Waals surface area contributed by atoms with Gasteiger partial charge in [-0.15, -0.1) is 0 Å². The van der Waals surface area contributed by atoms with E-state index in [-0.39, 0.29) is 12.7 Å². The van der Waals surface area contributed by atoms with E-state index in [4.69, 9.17) is 15.3 Å². The van der Waals surface area contributed by atoms with Crippen molar-refractivity contribution in [3.05, 3.63) is 29.3 Å². The highest BCUT2D eigenvalue weighted by molar-refractivity contribution is 5.80. The van der Waals surface area contributed by atoms with Crippen LogP contribution in [-0.4, -0.2) is 24.7 Å². The van der Waals surface area contributed by atoms with Crippen LogP contribution < -0.4 is 16.0 Å². The van der Waals surface area contributed by atoms with Crippen molar-refractivity contribution in [2.75, 3.05) is 6.61 Å². The molecule has 1 fully saturated rings. The van der Waals surface area contributed by atoms with Gasteiger partial charge in [0, 0.05) is 6.07 Å². The minimum atomic E-state index is -1.62. The molecule has 0 bridgehead atoms. The molecule has 0 aliphatic carbocycles. The van der Waals surface area contributed by atoms with Gasteiger partial charge in [0.1, 0.15) is 12.7 Å². The molecular formula is C12H12F4N2O3. The Kier molecular flexibility index (Phi) is 4.63. The zero-order valence-corrected chi connectivity index (χ0v) is 10.7. The Balaban J connectivity index is 2.00. The minimum Gasteiger partial charge on any atom is -0.485 e. The van der Waals surface area contributed by atoms with E-state index in [9.17, 15) is 22.4 Å². The van der Waals surface area contributed by atoms with E-state index in [0.717, 1.165) is 0 Å². The standard InChI is InChI=1S/C12H12F4N2O3/c13-6-3-7(14)10(16)11(9(6)15)20-4-5-1-2-8(21-5)12(19)18-17/h3,5,8H,1-2,4,17H2,(H,18,19). The van der Waals surface area contributed by atoms with Gasteiger partial charge < -0.3 is 9.47 Å². The number of ether oxygens (including phenoxy) is 2. The lowest BCUT2D eigenvalue weighted by molar-refractivity contribution is -0.132. The largest absolute Gasteiger partial charge is 0.485 e. The van der Waals surface area contributed by atoms with Crippen LogP contribution in [0.25, 0.3) is 0 Å². The molecule has 3 N–H and O–H groups in total. The van der Waals surface area contributed by atoms with E-state index in [0.29, 0.717) is 12.8 Å². The van der Waals surface area contributed by atoms with E-state index < -0.39 is 47.1 Å². The molecule has 1 aromatic carbocycles. The molecule has 1 aromatic rings. The van der Waals surface area contributed by atoms with Crippen molar-refractivity contribution in [2.45, 2.75) is 25.0 Å². The highest BCUT2D eigenvalue weighted by Crippen LogP contribution is 2.28. The first-order valence-electron chi connectivity index (χ1n) is 6.05. The number of carbonyl (C=O) groups is 1. The van der Waals surface area contributed by atoms with Crippen LogP contribution in [0.15, 0.2) is 6.07 Å². The first-order chi connectivity index (χ1) is 9.93. The fraction of sp³-hybridized carbons (Fsp3) is 0.417. The first kappa shape index (κ1) is 15.5. The second-order valence-corrected chi connectivity index (χ2v) is 4.44. The third-order valence-corrected chi connectivity index (χ3v) is 3.03. The number of rotatable bonds is 4. The van der Waals surface area contributed by atoms with Gasteiger partial charge in [0.15, 0.2) is 17.4 Å². The number of hydrogen-bond donors (Lipinski definition) is 2. The average molecular weight is 308 g/mol. The molecule has 1 amide bonds. The number of nitrogens with one attached hydrogen (secondary N) is 1. The van der Waals surface area contributed by atoms with Crippen molar-refractivity contribution >= 4 is 5.91 Å². The Bertz CT molecular complexity index is 530. The van der Waals surface area contributed by atoms with Gasteiger partial charge in [0.2, 0.25) is 11.6 Å². The molecule has 0 saturated carbocycles. The Morgan fingerprint density at radius 1 is 1.29 bits per heavy atom. The van der Waals surface area contributed by atoms with Gasteiger partial charge in [-0.25, -0.2) is 14.6 Å². The number of carbonyl (C=O) groups excluding carboxylic acids is 1. The summed E-state index contributed by atoms with van der Waals surface area (Å²) >= 11 is 0. The Labute approximate surface area is 117 Å². The van der Waals surface area contributed by atoms with Gasteiger partial charge in [-0.3, -0.25) is 10.2 Å². The summed E-state index contributed by atoms with van der Waals surface area (Å²) in [5.74, 6) is -3.11. The molecule has 116 valence electrons. The summed E-state index contributed by atoms with van der Waals surface area (Å²) in [6.07, 6.45) is -0.710. The zero-order chi connectivity index (χ0) is 15.6. The Hall–Kier alpha value is -1.87. The van der Waals surface area contributed by atoms with Crippen LogP contribution >= 0.6 is 0 Å². The predicted molar refractivity (Wildman–Crippen MR) is 62.0 cm³/mol. The molecule has 1 aliphatic rings. The summed E-state index contributed by atoms with van der Waals surface area (Å²) in [5, 5.41) is 0. The average Bonchev–Trinajstić information content (AvgIpc) is 2.93. The molecule has 0 radical (unpaired) electrons. The van der Waals surface area contributed by atoms with Crippen molar-refractivity contribution in [3.8, 4) is 5.75 Å². The topological polar surface area (TPSA) is 73.6 Å². The lowest BCUT2D eigenvalue weighted by atomic mass is 10.2. The van der Waals surface area contributed by atoms with Crippen LogP contribution in [0.5, 0.6) is 5.75 Å². The van der Waals surface area contributed by atoms with E-state index in [1.807, 2.05) is 5.43 Å². The second kappa shape index (κ2) is 6.27. The molecule has 21 heavy (non-hydrogen) atoms. The van der Waals surface area contributed by atoms with Gasteiger partial charge in [0.25, 0.3) is 5.91 Å². The maximum Gasteiger partial charge on any atom is 0.263 e. The third kappa shape index (κ3) is 3.24. The van der Waals surface area contributed by atoms with Gasteiger partial charge in [-0.05, 0) is 12.8 Å². The van der Waals surface area contributed by atoms with Crippen LogP contribution in [0.4, 0.5) is 17.6 Å². The fourth-order valence-corrected chi connectivity index (χ4v) is 1.97. The van der Waals surface area contributed by atoms with Crippen molar-refractivity contribution in [3.63, 3.8) is 0 Å². The number of hydrazine groups is 1. The monoisotopic (exact) mass is 308 g/mol. The van der Waals surface area contributed by atoms with Crippen LogP contribution in [0.3, 0.4) is 0 Å². The molecule has 0 spiro atoms. The molecular weight excluding hydrogens is 296 g/mol. The fourth-order valence-electron chi connectivity index (χ4n) is 1.97. The SMILES string of the molecule is NNC(=O)C1CCC(COc2c(F)c(F)cc(F)c2F)O1. The van der Waals surface area contributed by atoms with E-state index in [2.05, 4.69) is 0 Å². The number of nitrogens with two attached hydrogens (primary N) is 1. The maximum absolute atomic E-state index is 13.3. The molecule has 2 unspecified atom stereocenters. The maximum atomic E-state index is 13.3. The number of amides is 1. The first-order valence-corrected chi connectivity index (χ1v) is 6.05. The van der Waals surface area contributed by atoms with Crippen LogP contribution in [0.1, 0.15) is 12.8 Å². The van der Waals surface area contributed by atoms with E-state index in [1.54, 1.807) is 0 Å². The van der Waals surface area contributed by atoms with E-state index in [1.165, 1.54) is 0 Å². The lowest BCUT2D eigenvalue weighted by Gasteiger charge is -2.14.